The molecular weight excluding hydrogens is 316 g/mol. The van der Waals surface area contributed by atoms with Crippen molar-refractivity contribution in [1.82, 2.24) is 9.97 Å². The molecule has 1 aromatic carbocycles. The van der Waals surface area contributed by atoms with Gasteiger partial charge < -0.3 is 5.11 Å². The molecular formula is C16H13BrN2O. The maximum absolute atomic E-state index is 10.4. The lowest BCUT2D eigenvalue weighted by Gasteiger charge is -2.13. The van der Waals surface area contributed by atoms with E-state index in [9.17, 15) is 5.11 Å². The van der Waals surface area contributed by atoms with Crippen molar-refractivity contribution in [3.63, 3.8) is 0 Å². The average molecular weight is 329 g/mol. The van der Waals surface area contributed by atoms with E-state index in [4.69, 9.17) is 0 Å². The summed E-state index contributed by atoms with van der Waals surface area (Å²) in [6.45, 7) is 0. The number of hydrogen-bond acceptors (Lipinski definition) is 3. The Balaban J connectivity index is 1.96. The second kappa shape index (κ2) is 5.69. The van der Waals surface area contributed by atoms with Crippen molar-refractivity contribution >= 4 is 26.8 Å². The molecule has 2 heterocycles. The van der Waals surface area contributed by atoms with E-state index in [1.165, 1.54) is 0 Å². The Morgan fingerprint density at radius 3 is 2.70 bits per heavy atom. The molecule has 0 amide bonds. The maximum Gasteiger partial charge on any atom is 0.101 e. The molecule has 2 aromatic heterocycles. The van der Waals surface area contributed by atoms with Crippen molar-refractivity contribution in [1.29, 1.82) is 0 Å². The maximum atomic E-state index is 10.4. The third-order valence-electron chi connectivity index (χ3n) is 3.26. The first-order valence-electron chi connectivity index (χ1n) is 6.37. The number of aliphatic hydroxyl groups excluding tert-OH is 1. The van der Waals surface area contributed by atoms with Gasteiger partial charge in [0, 0.05) is 28.7 Å². The van der Waals surface area contributed by atoms with Crippen molar-refractivity contribution in [2.24, 2.45) is 0 Å². The number of hydrogen-bond donors (Lipinski definition) is 1. The minimum atomic E-state index is -0.642. The van der Waals surface area contributed by atoms with Crippen LogP contribution in [0.25, 0.3) is 10.9 Å². The first-order valence-corrected chi connectivity index (χ1v) is 7.16. The van der Waals surface area contributed by atoms with Gasteiger partial charge in [-0.15, -0.1) is 0 Å². The zero-order valence-corrected chi connectivity index (χ0v) is 12.3. The molecule has 4 heteroatoms. The molecule has 0 radical (unpaired) electrons. The van der Waals surface area contributed by atoms with Crippen LogP contribution >= 0.6 is 15.9 Å². The van der Waals surface area contributed by atoms with Crippen LogP contribution in [0.2, 0.25) is 0 Å². The Labute approximate surface area is 125 Å². The molecule has 100 valence electrons. The highest BCUT2D eigenvalue weighted by Crippen LogP contribution is 2.26. The largest absolute Gasteiger partial charge is 0.386 e. The van der Waals surface area contributed by atoms with Gasteiger partial charge in [0.1, 0.15) is 6.10 Å². The smallest absolute Gasteiger partial charge is 0.101 e. The number of benzene rings is 1. The molecule has 0 spiro atoms. The van der Waals surface area contributed by atoms with Gasteiger partial charge in [-0.3, -0.25) is 9.97 Å². The summed E-state index contributed by atoms with van der Waals surface area (Å²) < 4.78 is 0.825. The van der Waals surface area contributed by atoms with Crippen LogP contribution in [0.3, 0.4) is 0 Å². The Morgan fingerprint density at radius 1 is 1.00 bits per heavy atom. The molecule has 0 saturated carbocycles. The minimum Gasteiger partial charge on any atom is -0.386 e. The van der Waals surface area contributed by atoms with Crippen LogP contribution in [0.15, 0.2) is 59.3 Å². The van der Waals surface area contributed by atoms with E-state index in [0.29, 0.717) is 12.1 Å². The van der Waals surface area contributed by atoms with E-state index in [1.807, 2.05) is 42.5 Å². The normalized spacial score (nSPS) is 12.5. The molecule has 20 heavy (non-hydrogen) atoms. The molecule has 0 aliphatic rings. The van der Waals surface area contributed by atoms with E-state index in [2.05, 4.69) is 25.9 Å². The summed E-state index contributed by atoms with van der Waals surface area (Å²) in [6.07, 6.45) is 3.33. The van der Waals surface area contributed by atoms with Crippen LogP contribution in [-0.4, -0.2) is 15.1 Å². The fourth-order valence-electron chi connectivity index (χ4n) is 2.28. The van der Waals surface area contributed by atoms with Gasteiger partial charge >= 0.3 is 0 Å². The number of nitrogens with zero attached hydrogens (tertiary/aromatic N) is 2. The lowest BCUT2D eigenvalue weighted by Crippen LogP contribution is -2.05. The molecule has 3 rings (SSSR count). The van der Waals surface area contributed by atoms with E-state index in [0.717, 1.165) is 20.9 Å². The van der Waals surface area contributed by atoms with Crippen LogP contribution < -0.4 is 0 Å². The van der Waals surface area contributed by atoms with Crippen LogP contribution in [0, 0.1) is 0 Å². The number of para-hydroxylation sites is 1. The fraction of sp³-hybridized carbons (Fsp3) is 0.125. The number of fused-ring (bicyclic) bond motifs is 1. The molecule has 1 N–H and O–H groups in total. The van der Waals surface area contributed by atoms with Crippen molar-refractivity contribution in [2.45, 2.75) is 12.5 Å². The number of pyridine rings is 2. The number of aromatic nitrogens is 2. The SMILES string of the molecule is OC(Cc1ccnc2ccccc12)c1ncccc1Br. The quantitative estimate of drug-likeness (QED) is 0.797. The first kappa shape index (κ1) is 13.2. The molecule has 0 aliphatic carbocycles. The molecule has 0 bridgehead atoms. The van der Waals surface area contributed by atoms with E-state index in [-0.39, 0.29) is 0 Å². The first-order chi connectivity index (χ1) is 9.75. The summed E-state index contributed by atoms with van der Waals surface area (Å²) in [6, 6.07) is 13.6. The Kier molecular flexibility index (Phi) is 3.76. The van der Waals surface area contributed by atoms with Gasteiger partial charge in [-0.1, -0.05) is 18.2 Å². The van der Waals surface area contributed by atoms with E-state index >= 15 is 0 Å². The van der Waals surface area contributed by atoms with Gasteiger partial charge in [0.2, 0.25) is 0 Å². The van der Waals surface area contributed by atoms with Gasteiger partial charge in [0.25, 0.3) is 0 Å². The predicted molar refractivity (Wildman–Crippen MR) is 82.3 cm³/mol. The monoisotopic (exact) mass is 328 g/mol. The zero-order valence-electron chi connectivity index (χ0n) is 10.7. The summed E-state index contributed by atoms with van der Waals surface area (Å²) in [5, 5.41) is 11.5. The molecule has 3 aromatic rings. The summed E-state index contributed by atoms with van der Waals surface area (Å²) in [5.41, 5.74) is 2.67. The number of aliphatic hydroxyl groups is 1. The Morgan fingerprint density at radius 2 is 1.85 bits per heavy atom. The molecule has 3 nitrogen and oxygen atoms in total. The second-order valence-electron chi connectivity index (χ2n) is 4.58. The minimum absolute atomic E-state index is 0.513. The zero-order chi connectivity index (χ0) is 13.9. The van der Waals surface area contributed by atoms with Gasteiger partial charge in [-0.25, -0.2) is 0 Å². The summed E-state index contributed by atoms with van der Waals surface area (Å²) in [7, 11) is 0. The van der Waals surface area contributed by atoms with Gasteiger partial charge in [0.05, 0.1) is 11.2 Å². The van der Waals surface area contributed by atoms with Gasteiger partial charge in [-0.2, -0.15) is 0 Å². The summed E-state index contributed by atoms with van der Waals surface area (Å²) in [5.74, 6) is 0. The highest BCUT2D eigenvalue weighted by molar-refractivity contribution is 9.10. The summed E-state index contributed by atoms with van der Waals surface area (Å²) in [4.78, 5) is 8.57. The van der Waals surface area contributed by atoms with Crippen molar-refractivity contribution in [3.8, 4) is 0 Å². The molecule has 0 aliphatic heterocycles. The summed E-state index contributed by atoms with van der Waals surface area (Å²) >= 11 is 3.43. The van der Waals surface area contributed by atoms with E-state index in [1.54, 1.807) is 12.4 Å². The fourth-order valence-corrected chi connectivity index (χ4v) is 2.80. The van der Waals surface area contributed by atoms with Crippen LogP contribution in [-0.2, 0) is 6.42 Å². The average Bonchev–Trinajstić information content (AvgIpc) is 2.48. The van der Waals surface area contributed by atoms with Gasteiger partial charge in [-0.05, 0) is 45.8 Å². The van der Waals surface area contributed by atoms with Crippen molar-refractivity contribution in [2.75, 3.05) is 0 Å². The standard InChI is InChI=1S/C16H13BrN2O/c17-13-5-3-8-19-16(13)15(20)10-11-7-9-18-14-6-2-1-4-12(11)14/h1-9,15,20H,10H2. The van der Waals surface area contributed by atoms with Crippen molar-refractivity contribution < 1.29 is 5.11 Å². The van der Waals surface area contributed by atoms with Crippen LogP contribution in [0.1, 0.15) is 17.4 Å². The topological polar surface area (TPSA) is 46.0 Å². The van der Waals surface area contributed by atoms with Crippen molar-refractivity contribution in [3.05, 3.63) is 70.6 Å². The second-order valence-corrected chi connectivity index (χ2v) is 5.43. The van der Waals surface area contributed by atoms with Crippen LogP contribution in [0.4, 0.5) is 0 Å². The van der Waals surface area contributed by atoms with E-state index < -0.39 is 6.10 Å². The third kappa shape index (κ3) is 2.57. The molecule has 1 unspecified atom stereocenters. The highest BCUT2D eigenvalue weighted by Gasteiger charge is 2.14. The van der Waals surface area contributed by atoms with Crippen LogP contribution in [0.5, 0.6) is 0 Å². The third-order valence-corrected chi connectivity index (χ3v) is 3.93. The predicted octanol–water partition coefficient (Wildman–Crippen LogP) is 3.67. The Hall–Kier alpha value is -1.78. The lowest BCUT2D eigenvalue weighted by molar-refractivity contribution is 0.173. The molecule has 0 saturated heterocycles. The Bertz CT molecular complexity index is 740. The number of rotatable bonds is 3. The van der Waals surface area contributed by atoms with Gasteiger partial charge in [0.15, 0.2) is 0 Å². The molecule has 1 atom stereocenters. The highest BCUT2D eigenvalue weighted by atomic mass is 79.9. The molecule has 0 fully saturated rings. The lowest BCUT2D eigenvalue weighted by atomic mass is 10.0. The number of halogens is 1.